The molecule has 2 aromatic carbocycles. The number of nitrogens with one attached hydrogen (secondary N) is 1. The molecule has 0 saturated carbocycles. The van der Waals surface area contributed by atoms with Gasteiger partial charge in [0.15, 0.2) is 0 Å². The van der Waals surface area contributed by atoms with E-state index in [0.29, 0.717) is 0 Å². The van der Waals surface area contributed by atoms with Crippen LogP contribution in [0.25, 0.3) is 5.69 Å². The van der Waals surface area contributed by atoms with Crippen molar-refractivity contribution in [3.05, 3.63) is 82.7 Å². The van der Waals surface area contributed by atoms with Gasteiger partial charge in [0, 0.05) is 24.3 Å². The standard InChI is InChI=1S/C20H23N3/c1-15-9-11-18(12-10-15)13-21-14-20-16(2)22-23(17(20)3)19-7-5-4-6-8-19/h4-12,21H,13-14H2,1-3H3. The van der Waals surface area contributed by atoms with E-state index in [0.717, 1.165) is 24.5 Å². The number of hydrogen-bond donors (Lipinski definition) is 1. The van der Waals surface area contributed by atoms with Crippen LogP contribution in [0, 0.1) is 20.8 Å². The molecular formula is C20H23N3. The van der Waals surface area contributed by atoms with Crippen LogP contribution < -0.4 is 5.32 Å². The van der Waals surface area contributed by atoms with Crippen LogP contribution in [0.5, 0.6) is 0 Å². The molecule has 0 aliphatic carbocycles. The Balaban J connectivity index is 1.71. The molecular weight excluding hydrogens is 282 g/mol. The summed E-state index contributed by atoms with van der Waals surface area (Å²) in [4.78, 5) is 0. The Bertz CT molecular complexity index is 771. The highest BCUT2D eigenvalue weighted by Crippen LogP contribution is 2.17. The zero-order valence-corrected chi connectivity index (χ0v) is 14.0. The minimum atomic E-state index is 0.832. The van der Waals surface area contributed by atoms with Crippen molar-refractivity contribution in [2.45, 2.75) is 33.9 Å². The maximum Gasteiger partial charge on any atom is 0.0648 e. The highest BCUT2D eigenvalue weighted by atomic mass is 15.3. The molecule has 3 nitrogen and oxygen atoms in total. The molecule has 0 unspecified atom stereocenters. The Morgan fingerprint density at radius 3 is 2.26 bits per heavy atom. The first kappa shape index (κ1) is 15.5. The number of hydrogen-bond acceptors (Lipinski definition) is 2. The van der Waals surface area contributed by atoms with Crippen LogP contribution in [0.2, 0.25) is 0 Å². The van der Waals surface area contributed by atoms with E-state index in [1.165, 1.54) is 22.4 Å². The maximum absolute atomic E-state index is 4.69. The minimum absolute atomic E-state index is 0.832. The molecule has 1 aromatic heterocycles. The normalized spacial score (nSPS) is 10.9. The fourth-order valence-electron chi connectivity index (χ4n) is 2.79. The molecule has 0 amide bonds. The summed E-state index contributed by atoms with van der Waals surface area (Å²) in [6, 6.07) is 18.9. The van der Waals surface area contributed by atoms with E-state index in [2.05, 4.69) is 62.5 Å². The van der Waals surface area contributed by atoms with Crippen LogP contribution in [-0.2, 0) is 13.1 Å². The van der Waals surface area contributed by atoms with Crippen molar-refractivity contribution in [1.29, 1.82) is 0 Å². The van der Waals surface area contributed by atoms with E-state index in [1.54, 1.807) is 0 Å². The van der Waals surface area contributed by atoms with Gasteiger partial charge in [-0.3, -0.25) is 0 Å². The quantitative estimate of drug-likeness (QED) is 0.769. The van der Waals surface area contributed by atoms with Crippen LogP contribution in [-0.4, -0.2) is 9.78 Å². The SMILES string of the molecule is Cc1ccc(CNCc2c(C)nn(-c3ccccc3)c2C)cc1. The van der Waals surface area contributed by atoms with Crippen LogP contribution in [0.15, 0.2) is 54.6 Å². The summed E-state index contributed by atoms with van der Waals surface area (Å²) in [6.45, 7) is 8.03. The summed E-state index contributed by atoms with van der Waals surface area (Å²) in [5.74, 6) is 0. The Morgan fingerprint density at radius 2 is 1.57 bits per heavy atom. The Hall–Kier alpha value is -2.39. The number of para-hydroxylation sites is 1. The molecule has 0 spiro atoms. The molecule has 0 aliphatic heterocycles. The predicted octanol–water partition coefficient (Wildman–Crippen LogP) is 4.09. The van der Waals surface area contributed by atoms with Crippen LogP contribution >= 0.6 is 0 Å². The zero-order valence-electron chi connectivity index (χ0n) is 14.0. The monoisotopic (exact) mass is 305 g/mol. The topological polar surface area (TPSA) is 29.9 Å². The number of benzene rings is 2. The third-order valence-electron chi connectivity index (χ3n) is 4.19. The first-order valence-electron chi connectivity index (χ1n) is 8.02. The van der Waals surface area contributed by atoms with Crippen molar-refractivity contribution < 1.29 is 0 Å². The lowest BCUT2D eigenvalue weighted by atomic mass is 10.1. The lowest BCUT2D eigenvalue weighted by Gasteiger charge is -2.07. The first-order chi connectivity index (χ1) is 11.1. The fraction of sp³-hybridized carbons (Fsp3) is 0.250. The Kier molecular flexibility index (Phi) is 4.58. The Morgan fingerprint density at radius 1 is 0.870 bits per heavy atom. The number of aromatic nitrogens is 2. The number of nitrogens with zero attached hydrogens (tertiary/aromatic N) is 2. The highest BCUT2D eigenvalue weighted by Gasteiger charge is 2.12. The molecule has 0 saturated heterocycles. The molecule has 3 aromatic rings. The second-order valence-electron chi connectivity index (χ2n) is 5.99. The van der Waals surface area contributed by atoms with E-state index < -0.39 is 0 Å². The van der Waals surface area contributed by atoms with E-state index in [9.17, 15) is 0 Å². The van der Waals surface area contributed by atoms with Crippen molar-refractivity contribution in [1.82, 2.24) is 15.1 Å². The van der Waals surface area contributed by atoms with E-state index >= 15 is 0 Å². The van der Waals surface area contributed by atoms with Crippen molar-refractivity contribution in [2.75, 3.05) is 0 Å². The average molecular weight is 305 g/mol. The Labute approximate surface area is 138 Å². The number of aryl methyl sites for hydroxylation is 2. The van der Waals surface area contributed by atoms with Gasteiger partial charge in [-0.05, 0) is 38.5 Å². The summed E-state index contributed by atoms with van der Waals surface area (Å²) >= 11 is 0. The molecule has 0 radical (unpaired) electrons. The van der Waals surface area contributed by atoms with Gasteiger partial charge in [0.1, 0.15) is 0 Å². The molecule has 0 fully saturated rings. The lowest BCUT2D eigenvalue weighted by molar-refractivity contribution is 0.687. The van der Waals surface area contributed by atoms with Gasteiger partial charge in [0.25, 0.3) is 0 Å². The van der Waals surface area contributed by atoms with Gasteiger partial charge in [-0.25, -0.2) is 4.68 Å². The fourth-order valence-corrected chi connectivity index (χ4v) is 2.79. The van der Waals surface area contributed by atoms with Gasteiger partial charge in [-0.15, -0.1) is 0 Å². The first-order valence-corrected chi connectivity index (χ1v) is 8.02. The highest BCUT2D eigenvalue weighted by molar-refractivity contribution is 5.36. The summed E-state index contributed by atoms with van der Waals surface area (Å²) in [5.41, 5.74) is 7.28. The molecule has 0 aliphatic rings. The molecule has 118 valence electrons. The molecule has 0 atom stereocenters. The third-order valence-corrected chi connectivity index (χ3v) is 4.19. The molecule has 3 rings (SSSR count). The van der Waals surface area contributed by atoms with E-state index in [1.807, 2.05) is 22.9 Å². The van der Waals surface area contributed by atoms with Crippen molar-refractivity contribution >= 4 is 0 Å². The molecule has 23 heavy (non-hydrogen) atoms. The lowest BCUT2D eigenvalue weighted by Crippen LogP contribution is -2.14. The number of rotatable bonds is 5. The smallest absolute Gasteiger partial charge is 0.0648 e. The third kappa shape index (κ3) is 3.51. The maximum atomic E-state index is 4.69. The van der Waals surface area contributed by atoms with Crippen molar-refractivity contribution in [3.8, 4) is 5.69 Å². The van der Waals surface area contributed by atoms with Gasteiger partial charge < -0.3 is 5.32 Å². The molecule has 1 N–H and O–H groups in total. The molecule has 1 heterocycles. The van der Waals surface area contributed by atoms with E-state index in [-0.39, 0.29) is 0 Å². The summed E-state index contributed by atoms with van der Waals surface area (Å²) in [6.07, 6.45) is 0. The minimum Gasteiger partial charge on any atom is -0.308 e. The van der Waals surface area contributed by atoms with Gasteiger partial charge in [-0.2, -0.15) is 5.10 Å². The van der Waals surface area contributed by atoms with Gasteiger partial charge in [-0.1, -0.05) is 48.0 Å². The second-order valence-corrected chi connectivity index (χ2v) is 5.99. The van der Waals surface area contributed by atoms with E-state index in [4.69, 9.17) is 5.10 Å². The van der Waals surface area contributed by atoms with Crippen molar-refractivity contribution in [3.63, 3.8) is 0 Å². The molecule has 0 bridgehead atoms. The predicted molar refractivity (Wildman–Crippen MR) is 94.8 cm³/mol. The van der Waals surface area contributed by atoms with Gasteiger partial charge in [0.2, 0.25) is 0 Å². The summed E-state index contributed by atoms with van der Waals surface area (Å²) in [7, 11) is 0. The van der Waals surface area contributed by atoms with Crippen LogP contribution in [0.1, 0.15) is 28.1 Å². The van der Waals surface area contributed by atoms with Gasteiger partial charge in [0.05, 0.1) is 11.4 Å². The van der Waals surface area contributed by atoms with Crippen LogP contribution in [0.3, 0.4) is 0 Å². The average Bonchev–Trinajstić information content (AvgIpc) is 2.85. The zero-order chi connectivity index (χ0) is 16.2. The molecule has 3 heteroatoms. The largest absolute Gasteiger partial charge is 0.308 e. The second kappa shape index (κ2) is 6.80. The van der Waals surface area contributed by atoms with Gasteiger partial charge >= 0.3 is 0 Å². The van der Waals surface area contributed by atoms with Crippen molar-refractivity contribution in [2.24, 2.45) is 0 Å². The summed E-state index contributed by atoms with van der Waals surface area (Å²) < 4.78 is 2.03. The summed E-state index contributed by atoms with van der Waals surface area (Å²) in [5, 5.41) is 8.22. The van der Waals surface area contributed by atoms with Crippen LogP contribution in [0.4, 0.5) is 0 Å².